The third-order valence-electron chi connectivity index (χ3n) is 5.55. The summed E-state index contributed by atoms with van der Waals surface area (Å²) < 4.78 is 0. The Bertz CT molecular complexity index is 773. The predicted octanol–water partition coefficient (Wildman–Crippen LogP) is 4.38. The van der Waals surface area contributed by atoms with Gasteiger partial charge in [-0.1, -0.05) is 54.1 Å². The Kier molecular flexibility index (Phi) is 7.60. The molecule has 0 amide bonds. The molecule has 3 N–H and O–H groups in total. The number of guanidine groups is 1. The number of nitrogens with two attached hydrogens (primary N) is 1. The van der Waals surface area contributed by atoms with Crippen LogP contribution in [-0.4, -0.2) is 36.0 Å². The third-order valence-corrected chi connectivity index (χ3v) is 5.80. The maximum atomic E-state index is 6.17. The highest BCUT2D eigenvalue weighted by atomic mass is 127. The summed E-state index contributed by atoms with van der Waals surface area (Å²) in [6.45, 7) is 3.22. The van der Waals surface area contributed by atoms with Crippen molar-refractivity contribution >= 4 is 41.5 Å². The Balaban J connectivity index is 0.00000225. The minimum absolute atomic E-state index is 0. The molecular formula is C22H28ClIN4. The van der Waals surface area contributed by atoms with Crippen LogP contribution in [-0.2, 0) is 6.54 Å². The molecule has 1 heterocycles. The topological polar surface area (TPSA) is 53.6 Å². The minimum atomic E-state index is 0. The number of nitrogens with zero attached hydrogens (tertiary/aromatic N) is 2. The van der Waals surface area contributed by atoms with Gasteiger partial charge in [0, 0.05) is 36.6 Å². The van der Waals surface area contributed by atoms with E-state index in [1.54, 1.807) is 0 Å². The van der Waals surface area contributed by atoms with Gasteiger partial charge >= 0.3 is 0 Å². The van der Waals surface area contributed by atoms with Crippen LogP contribution in [0.5, 0.6) is 0 Å². The number of nitrogens with one attached hydrogen (secondary N) is 1. The number of aliphatic imine (C=N–C) groups is 1. The second kappa shape index (κ2) is 9.94. The fraction of sp³-hybridized carbons (Fsp3) is 0.409. The van der Waals surface area contributed by atoms with Gasteiger partial charge in [0.05, 0.1) is 6.04 Å². The van der Waals surface area contributed by atoms with E-state index in [9.17, 15) is 0 Å². The standard InChI is InChI=1S/C22H27ClN4.HI/c23-18-8-6-17(7-9-18)20-14-21(20)26-22(24)25-19-10-12-27(13-11-19)15-16-4-2-1-3-5-16;/h1-9,19-21H,10-15H2,(H3,24,25,26);1H/t20-,21+;/m0./s1. The molecule has 0 spiro atoms. The lowest BCUT2D eigenvalue weighted by molar-refractivity contribution is 0.199. The Morgan fingerprint density at radius 2 is 1.75 bits per heavy atom. The van der Waals surface area contributed by atoms with Gasteiger partial charge in [-0.15, -0.1) is 24.0 Å². The first kappa shape index (κ1) is 21.4. The van der Waals surface area contributed by atoms with Crippen molar-refractivity contribution < 1.29 is 0 Å². The van der Waals surface area contributed by atoms with E-state index < -0.39 is 0 Å². The highest BCUT2D eigenvalue weighted by molar-refractivity contribution is 14.0. The van der Waals surface area contributed by atoms with Crippen LogP contribution in [0.1, 0.15) is 36.3 Å². The predicted molar refractivity (Wildman–Crippen MR) is 128 cm³/mol. The summed E-state index contributed by atoms with van der Waals surface area (Å²) in [4.78, 5) is 7.20. The molecule has 0 aromatic heterocycles. The zero-order chi connectivity index (χ0) is 18.6. The summed E-state index contributed by atoms with van der Waals surface area (Å²) in [5.41, 5.74) is 8.85. The molecule has 1 saturated heterocycles. The number of piperidine rings is 1. The zero-order valence-electron chi connectivity index (χ0n) is 15.9. The highest BCUT2D eigenvalue weighted by Crippen LogP contribution is 2.43. The molecule has 0 unspecified atom stereocenters. The van der Waals surface area contributed by atoms with Gasteiger partial charge in [0.15, 0.2) is 5.96 Å². The molecule has 1 aliphatic carbocycles. The fourth-order valence-electron chi connectivity index (χ4n) is 3.89. The van der Waals surface area contributed by atoms with Crippen LogP contribution in [0.15, 0.2) is 59.6 Å². The van der Waals surface area contributed by atoms with E-state index in [0.29, 0.717) is 24.0 Å². The molecule has 2 aromatic rings. The molecule has 4 nitrogen and oxygen atoms in total. The summed E-state index contributed by atoms with van der Waals surface area (Å²) >= 11 is 5.96. The maximum absolute atomic E-state index is 6.17. The van der Waals surface area contributed by atoms with Gasteiger partial charge in [-0.2, -0.15) is 0 Å². The first-order valence-electron chi connectivity index (χ1n) is 9.79. The lowest BCUT2D eigenvalue weighted by Crippen LogP contribution is -2.47. The molecule has 2 fully saturated rings. The molecule has 4 rings (SSSR count). The van der Waals surface area contributed by atoms with Gasteiger partial charge in [-0.25, -0.2) is 4.99 Å². The molecule has 6 heteroatoms. The minimum Gasteiger partial charge on any atom is -0.370 e. The highest BCUT2D eigenvalue weighted by Gasteiger charge is 2.38. The summed E-state index contributed by atoms with van der Waals surface area (Å²) in [7, 11) is 0. The molecule has 2 aliphatic rings. The quantitative estimate of drug-likeness (QED) is 0.357. The molecule has 2 aromatic carbocycles. The summed E-state index contributed by atoms with van der Waals surface area (Å²) in [5.74, 6) is 1.08. The average molecular weight is 511 g/mol. The van der Waals surface area contributed by atoms with Gasteiger partial charge in [0.1, 0.15) is 0 Å². The van der Waals surface area contributed by atoms with Crippen molar-refractivity contribution in [3.63, 3.8) is 0 Å². The zero-order valence-corrected chi connectivity index (χ0v) is 19.0. The molecule has 0 bridgehead atoms. The van der Waals surface area contributed by atoms with Crippen molar-refractivity contribution in [2.75, 3.05) is 13.1 Å². The van der Waals surface area contributed by atoms with Crippen LogP contribution in [0.25, 0.3) is 0 Å². The Labute approximate surface area is 189 Å². The average Bonchev–Trinajstić information content (AvgIpc) is 3.43. The lowest BCUT2D eigenvalue weighted by atomic mass is 10.0. The smallest absolute Gasteiger partial charge is 0.189 e. The number of rotatable bonds is 5. The third kappa shape index (κ3) is 5.84. The molecular weight excluding hydrogens is 483 g/mol. The number of likely N-dealkylation sites (tertiary alicyclic amines) is 1. The summed E-state index contributed by atoms with van der Waals surface area (Å²) in [6, 6.07) is 19.5. The van der Waals surface area contributed by atoms with Gasteiger partial charge in [-0.3, -0.25) is 4.90 Å². The van der Waals surface area contributed by atoms with E-state index in [0.717, 1.165) is 43.9 Å². The Morgan fingerprint density at radius 3 is 2.43 bits per heavy atom. The SMILES string of the molecule is I.NC(=N[C@@H]1C[C@H]1c1ccc(Cl)cc1)NC1CCN(Cc2ccccc2)CC1. The van der Waals surface area contributed by atoms with Crippen molar-refractivity contribution in [3.05, 3.63) is 70.7 Å². The van der Waals surface area contributed by atoms with Crippen LogP contribution in [0.4, 0.5) is 0 Å². The largest absolute Gasteiger partial charge is 0.370 e. The van der Waals surface area contributed by atoms with Crippen molar-refractivity contribution in [1.29, 1.82) is 0 Å². The van der Waals surface area contributed by atoms with E-state index in [2.05, 4.69) is 57.7 Å². The number of halogens is 2. The molecule has 0 radical (unpaired) electrons. The molecule has 1 saturated carbocycles. The molecule has 1 aliphatic heterocycles. The van der Waals surface area contributed by atoms with E-state index >= 15 is 0 Å². The van der Waals surface area contributed by atoms with Crippen molar-refractivity contribution in [2.24, 2.45) is 10.7 Å². The van der Waals surface area contributed by atoms with Crippen molar-refractivity contribution in [3.8, 4) is 0 Å². The Morgan fingerprint density at radius 1 is 1.07 bits per heavy atom. The van der Waals surface area contributed by atoms with E-state index in [-0.39, 0.29) is 24.0 Å². The summed E-state index contributed by atoms with van der Waals surface area (Å²) in [5, 5.41) is 4.21. The monoisotopic (exact) mass is 510 g/mol. The van der Waals surface area contributed by atoms with Gasteiger partial charge in [0.25, 0.3) is 0 Å². The lowest BCUT2D eigenvalue weighted by Gasteiger charge is -2.32. The summed E-state index contributed by atoms with van der Waals surface area (Å²) in [6.07, 6.45) is 3.28. The van der Waals surface area contributed by atoms with E-state index in [4.69, 9.17) is 17.3 Å². The first-order chi connectivity index (χ1) is 13.2. The van der Waals surface area contributed by atoms with Gasteiger partial charge in [0.2, 0.25) is 0 Å². The van der Waals surface area contributed by atoms with Crippen LogP contribution in [0.2, 0.25) is 5.02 Å². The van der Waals surface area contributed by atoms with E-state index in [1.807, 2.05) is 12.1 Å². The number of hydrogen-bond acceptors (Lipinski definition) is 2. The van der Waals surface area contributed by atoms with Crippen LogP contribution in [0.3, 0.4) is 0 Å². The number of benzene rings is 2. The van der Waals surface area contributed by atoms with Crippen LogP contribution < -0.4 is 11.1 Å². The van der Waals surface area contributed by atoms with Crippen LogP contribution in [0, 0.1) is 0 Å². The molecule has 2 atom stereocenters. The second-order valence-corrected chi connectivity index (χ2v) is 8.09. The van der Waals surface area contributed by atoms with E-state index in [1.165, 1.54) is 11.1 Å². The Hall–Kier alpha value is -1.31. The second-order valence-electron chi connectivity index (χ2n) is 7.66. The van der Waals surface area contributed by atoms with Gasteiger partial charge in [-0.05, 0) is 42.5 Å². The van der Waals surface area contributed by atoms with Crippen molar-refractivity contribution in [2.45, 2.75) is 43.8 Å². The molecule has 28 heavy (non-hydrogen) atoms. The van der Waals surface area contributed by atoms with Crippen molar-refractivity contribution in [1.82, 2.24) is 10.2 Å². The van der Waals surface area contributed by atoms with Gasteiger partial charge < -0.3 is 11.1 Å². The maximum Gasteiger partial charge on any atom is 0.189 e. The fourth-order valence-corrected chi connectivity index (χ4v) is 4.02. The molecule has 150 valence electrons. The normalized spacial score (nSPS) is 23.1. The van der Waals surface area contributed by atoms with Crippen LogP contribution >= 0.6 is 35.6 Å². The first-order valence-corrected chi connectivity index (χ1v) is 10.2. The number of hydrogen-bond donors (Lipinski definition) is 2.